The highest BCUT2D eigenvalue weighted by molar-refractivity contribution is 5.65. The highest BCUT2D eigenvalue weighted by atomic mass is 15.1. The average molecular weight is 375 g/mol. The van der Waals surface area contributed by atoms with Crippen molar-refractivity contribution in [2.75, 3.05) is 25.4 Å². The summed E-state index contributed by atoms with van der Waals surface area (Å²) in [7, 11) is 0. The van der Waals surface area contributed by atoms with E-state index in [1.807, 2.05) is 24.5 Å². The van der Waals surface area contributed by atoms with Gasteiger partial charge in [-0.2, -0.15) is 0 Å². The van der Waals surface area contributed by atoms with Crippen LogP contribution in [0.5, 0.6) is 0 Å². The van der Waals surface area contributed by atoms with Crippen molar-refractivity contribution in [1.29, 1.82) is 0 Å². The van der Waals surface area contributed by atoms with Crippen LogP contribution in [-0.4, -0.2) is 29.5 Å². The van der Waals surface area contributed by atoms with Crippen molar-refractivity contribution < 1.29 is 0 Å². The fourth-order valence-electron chi connectivity index (χ4n) is 3.29. The predicted molar refractivity (Wildman–Crippen MR) is 118 cm³/mol. The minimum absolute atomic E-state index is 0.797. The van der Waals surface area contributed by atoms with Crippen molar-refractivity contribution in [3.05, 3.63) is 84.2 Å². The third-order valence-electron chi connectivity index (χ3n) is 4.83. The van der Waals surface area contributed by atoms with Crippen LogP contribution in [0.1, 0.15) is 24.5 Å². The number of anilines is 1. The zero-order chi connectivity index (χ0) is 19.6. The Morgan fingerprint density at radius 3 is 2.11 bits per heavy atom. The normalized spacial score (nSPS) is 11.1. The van der Waals surface area contributed by atoms with Gasteiger partial charge in [0.1, 0.15) is 0 Å². The molecule has 1 aromatic heterocycles. The van der Waals surface area contributed by atoms with Crippen LogP contribution >= 0.6 is 0 Å². The quantitative estimate of drug-likeness (QED) is 0.410. The van der Waals surface area contributed by atoms with E-state index in [2.05, 4.69) is 70.7 Å². The Morgan fingerprint density at radius 1 is 0.821 bits per heavy atom. The monoisotopic (exact) mass is 374 g/mol. The van der Waals surface area contributed by atoms with Crippen molar-refractivity contribution in [3.8, 4) is 11.1 Å². The number of nitrogens with zero attached hydrogens (tertiary/aromatic N) is 2. The molecular formula is C24H30N4. The topological polar surface area (TPSA) is 54.2 Å². The lowest BCUT2D eigenvalue weighted by Gasteiger charge is -2.22. The Bertz CT molecular complexity index is 813. The van der Waals surface area contributed by atoms with Gasteiger partial charge in [-0.25, -0.2) is 0 Å². The lowest BCUT2D eigenvalue weighted by Crippen LogP contribution is -2.32. The summed E-state index contributed by atoms with van der Waals surface area (Å²) in [4.78, 5) is 6.59. The van der Waals surface area contributed by atoms with E-state index in [0.29, 0.717) is 0 Å². The van der Waals surface area contributed by atoms with Crippen LogP contribution in [0.15, 0.2) is 73.1 Å². The van der Waals surface area contributed by atoms with E-state index in [0.717, 1.165) is 44.8 Å². The smallest absolute Gasteiger partial charge is 0.0314 e. The molecule has 3 aromatic rings. The second-order valence-electron chi connectivity index (χ2n) is 7.13. The summed E-state index contributed by atoms with van der Waals surface area (Å²) in [6.07, 6.45) is 4.90. The molecule has 28 heavy (non-hydrogen) atoms. The van der Waals surface area contributed by atoms with Gasteiger partial charge < -0.3 is 11.1 Å². The number of aromatic nitrogens is 1. The van der Waals surface area contributed by atoms with Crippen LogP contribution in [0.25, 0.3) is 11.1 Å². The number of rotatable bonds is 10. The molecule has 0 saturated heterocycles. The first kappa shape index (κ1) is 20.1. The first-order valence-corrected chi connectivity index (χ1v) is 10.0. The highest BCUT2D eigenvalue weighted by Gasteiger charge is 2.05. The predicted octanol–water partition coefficient (Wildman–Crippen LogP) is 4.33. The maximum Gasteiger partial charge on any atom is 0.0314 e. The molecule has 2 aromatic carbocycles. The number of benzene rings is 2. The van der Waals surface area contributed by atoms with E-state index in [1.165, 1.54) is 22.3 Å². The van der Waals surface area contributed by atoms with Crippen LogP contribution in [0, 0.1) is 0 Å². The third-order valence-corrected chi connectivity index (χ3v) is 4.83. The summed E-state index contributed by atoms with van der Waals surface area (Å²) in [5.74, 6) is 0. The summed E-state index contributed by atoms with van der Waals surface area (Å²) >= 11 is 0. The van der Waals surface area contributed by atoms with Crippen LogP contribution < -0.4 is 11.1 Å². The molecule has 0 bridgehead atoms. The van der Waals surface area contributed by atoms with Crippen molar-refractivity contribution >= 4 is 5.69 Å². The SMILES string of the molecule is CCCN(CCNCc1ccc(-c2ccc(N)cc2)cc1)Cc1ccncc1. The van der Waals surface area contributed by atoms with Gasteiger partial charge in [-0.3, -0.25) is 9.88 Å². The molecule has 0 spiro atoms. The van der Waals surface area contributed by atoms with E-state index in [9.17, 15) is 0 Å². The Hall–Kier alpha value is -2.69. The fraction of sp³-hybridized carbons (Fsp3) is 0.292. The van der Waals surface area contributed by atoms with Gasteiger partial charge in [-0.1, -0.05) is 43.3 Å². The van der Waals surface area contributed by atoms with Crippen molar-refractivity contribution in [2.45, 2.75) is 26.4 Å². The standard InChI is InChI=1S/C24H30N4/c1-2-16-28(19-21-11-13-26-14-12-21)17-15-27-18-20-3-5-22(6-4-20)23-7-9-24(25)10-8-23/h3-14,27H,2,15-19,25H2,1H3. The summed E-state index contributed by atoms with van der Waals surface area (Å²) < 4.78 is 0. The second-order valence-corrected chi connectivity index (χ2v) is 7.13. The van der Waals surface area contributed by atoms with Gasteiger partial charge in [0, 0.05) is 44.3 Å². The zero-order valence-corrected chi connectivity index (χ0v) is 16.6. The minimum atomic E-state index is 0.797. The Labute approximate surface area is 168 Å². The summed E-state index contributed by atoms with van der Waals surface area (Å²) in [5.41, 5.74) is 11.6. The van der Waals surface area contributed by atoms with Crippen LogP contribution in [0.2, 0.25) is 0 Å². The van der Waals surface area contributed by atoms with E-state index < -0.39 is 0 Å². The number of hydrogen-bond acceptors (Lipinski definition) is 4. The largest absolute Gasteiger partial charge is 0.399 e. The van der Waals surface area contributed by atoms with E-state index in [-0.39, 0.29) is 0 Å². The van der Waals surface area contributed by atoms with Gasteiger partial charge in [0.2, 0.25) is 0 Å². The zero-order valence-electron chi connectivity index (χ0n) is 16.6. The van der Waals surface area contributed by atoms with Crippen LogP contribution in [-0.2, 0) is 13.1 Å². The Balaban J connectivity index is 1.45. The molecule has 4 nitrogen and oxygen atoms in total. The molecule has 1 heterocycles. The molecule has 3 N–H and O–H groups in total. The number of nitrogens with two attached hydrogens (primary N) is 1. The van der Waals surface area contributed by atoms with Crippen molar-refractivity contribution in [1.82, 2.24) is 15.2 Å². The molecular weight excluding hydrogens is 344 g/mol. The maximum atomic E-state index is 5.77. The summed E-state index contributed by atoms with van der Waals surface area (Å²) in [6, 6.07) is 20.9. The first-order valence-electron chi connectivity index (χ1n) is 10.0. The molecule has 146 valence electrons. The van der Waals surface area contributed by atoms with Gasteiger partial charge in [-0.05, 0) is 59.5 Å². The molecule has 4 heteroatoms. The van der Waals surface area contributed by atoms with Gasteiger partial charge in [0.15, 0.2) is 0 Å². The van der Waals surface area contributed by atoms with Gasteiger partial charge in [0.25, 0.3) is 0 Å². The van der Waals surface area contributed by atoms with Gasteiger partial charge in [0.05, 0.1) is 0 Å². The molecule has 3 rings (SSSR count). The van der Waals surface area contributed by atoms with E-state index >= 15 is 0 Å². The Kier molecular flexibility index (Phi) is 7.59. The van der Waals surface area contributed by atoms with Gasteiger partial charge in [-0.15, -0.1) is 0 Å². The third kappa shape index (κ3) is 6.19. The number of nitrogens with one attached hydrogen (secondary N) is 1. The molecule has 0 saturated carbocycles. The van der Waals surface area contributed by atoms with Crippen molar-refractivity contribution in [2.24, 2.45) is 0 Å². The number of pyridine rings is 1. The number of hydrogen-bond donors (Lipinski definition) is 2. The molecule has 0 unspecified atom stereocenters. The Morgan fingerprint density at radius 2 is 1.46 bits per heavy atom. The van der Waals surface area contributed by atoms with E-state index in [1.54, 1.807) is 0 Å². The lowest BCUT2D eigenvalue weighted by atomic mass is 10.0. The summed E-state index contributed by atoms with van der Waals surface area (Å²) in [5, 5.41) is 3.57. The molecule has 0 aliphatic rings. The molecule has 0 radical (unpaired) electrons. The highest BCUT2D eigenvalue weighted by Crippen LogP contribution is 2.20. The van der Waals surface area contributed by atoms with Crippen molar-refractivity contribution in [3.63, 3.8) is 0 Å². The summed E-state index contributed by atoms with van der Waals surface area (Å²) in [6.45, 7) is 7.23. The minimum Gasteiger partial charge on any atom is -0.399 e. The molecule has 0 fully saturated rings. The first-order chi connectivity index (χ1) is 13.7. The molecule has 0 amide bonds. The van der Waals surface area contributed by atoms with E-state index in [4.69, 9.17) is 5.73 Å². The number of nitrogen functional groups attached to an aromatic ring is 1. The maximum absolute atomic E-state index is 5.77. The van der Waals surface area contributed by atoms with Gasteiger partial charge >= 0.3 is 0 Å². The van der Waals surface area contributed by atoms with Crippen LogP contribution in [0.4, 0.5) is 5.69 Å². The van der Waals surface area contributed by atoms with Crippen LogP contribution in [0.3, 0.4) is 0 Å². The molecule has 0 atom stereocenters. The second kappa shape index (κ2) is 10.6. The lowest BCUT2D eigenvalue weighted by molar-refractivity contribution is 0.265. The molecule has 0 aliphatic carbocycles. The fourth-order valence-corrected chi connectivity index (χ4v) is 3.29. The average Bonchev–Trinajstić information content (AvgIpc) is 2.73. The molecule has 0 aliphatic heterocycles.